The summed E-state index contributed by atoms with van der Waals surface area (Å²) in [6, 6.07) is 10.5. The van der Waals surface area contributed by atoms with E-state index in [0.29, 0.717) is 0 Å². The smallest absolute Gasteiger partial charge is 0.131 e. The Hall–Kier alpha value is -0.860. The molecular formula is C11H16NO. The summed E-state index contributed by atoms with van der Waals surface area (Å²) in [6.45, 7) is 2.86. The zero-order chi connectivity index (χ0) is 9.52. The van der Waals surface area contributed by atoms with E-state index in [1.54, 1.807) is 0 Å². The molecule has 0 aliphatic heterocycles. The first-order valence-corrected chi connectivity index (χ1v) is 4.67. The van der Waals surface area contributed by atoms with Gasteiger partial charge in [0.2, 0.25) is 0 Å². The molecule has 0 saturated heterocycles. The molecule has 13 heavy (non-hydrogen) atoms. The van der Waals surface area contributed by atoms with Crippen LogP contribution in [-0.4, -0.2) is 6.61 Å². The number of nitrogens with two attached hydrogens (primary N) is 1. The van der Waals surface area contributed by atoms with Crippen LogP contribution in [0.4, 0.5) is 0 Å². The van der Waals surface area contributed by atoms with Gasteiger partial charge in [0.05, 0.1) is 0 Å². The van der Waals surface area contributed by atoms with Crippen LogP contribution < -0.4 is 5.73 Å². The van der Waals surface area contributed by atoms with Crippen LogP contribution in [0, 0.1) is 6.07 Å². The first-order valence-electron chi connectivity index (χ1n) is 4.67. The molecule has 0 spiro atoms. The fourth-order valence-electron chi connectivity index (χ4n) is 1.04. The summed E-state index contributed by atoms with van der Waals surface area (Å²) in [5, 5.41) is 0. The molecule has 0 aliphatic rings. The lowest BCUT2D eigenvalue weighted by molar-refractivity contribution is 0.0552. The van der Waals surface area contributed by atoms with E-state index in [1.807, 2.05) is 24.3 Å². The molecule has 1 aromatic carbocycles. The van der Waals surface area contributed by atoms with Gasteiger partial charge in [0.15, 0.2) is 0 Å². The Morgan fingerprint density at radius 2 is 2.15 bits per heavy atom. The molecule has 2 nitrogen and oxygen atoms in total. The van der Waals surface area contributed by atoms with Gasteiger partial charge in [-0.3, -0.25) is 0 Å². The molecule has 1 rings (SSSR count). The molecule has 0 heterocycles. The summed E-state index contributed by atoms with van der Waals surface area (Å²) >= 11 is 0. The van der Waals surface area contributed by atoms with Crippen LogP contribution >= 0.6 is 0 Å². The van der Waals surface area contributed by atoms with Gasteiger partial charge < -0.3 is 10.5 Å². The molecule has 2 N–H and O–H groups in total. The van der Waals surface area contributed by atoms with E-state index in [1.165, 1.54) is 0 Å². The number of ether oxygens (including phenoxy) is 1. The Morgan fingerprint density at radius 1 is 1.46 bits per heavy atom. The molecule has 1 aromatic rings. The molecule has 0 amide bonds. The predicted molar refractivity (Wildman–Crippen MR) is 53.1 cm³/mol. The van der Waals surface area contributed by atoms with Crippen molar-refractivity contribution in [3.05, 3.63) is 35.9 Å². The van der Waals surface area contributed by atoms with Gasteiger partial charge in [-0.15, -0.1) is 0 Å². The molecule has 0 aromatic heterocycles. The van der Waals surface area contributed by atoms with Crippen molar-refractivity contribution in [2.24, 2.45) is 5.73 Å². The summed E-state index contributed by atoms with van der Waals surface area (Å²) in [5.74, 6) is 0. The second-order valence-corrected chi connectivity index (χ2v) is 2.98. The van der Waals surface area contributed by atoms with Gasteiger partial charge in [-0.25, -0.2) is 0 Å². The van der Waals surface area contributed by atoms with Crippen molar-refractivity contribution < 1.29 is 4.74 Å². The molecule has 0 aliphatic carbocycles. The van der Waals surface area contributed by atoms with Crippen molar-refractivity contribution in [3.8, 4) is 0 Å². The van der Waals surface area contributed by atoms with Gasteiger partial charge in [-0.2, -0.15) is 0 Å². The number of unbranched alkanes of at least 4 members (excludes halogenated alkanes) is 1. The number of rotatable bonds is 5. The van der Waals surface area contributed by atoms with E-state index < -0.39 is 0 Å². The van der Waals surface area contributed by atoms with Crippen molar-refractivity contribution >= 4 is 0 Å². The molecule has 1 radical (unpaired) electrons. The molecular weight excluding hydrogens is 162 g/mol. The normalized spacial score (nSPS) is 12.8. The quantitative estimate of drug-likeness (QED) is 0.554. The molecule has 1 atom stereocenters. The molecule has 0 bridgehead atoms. The highest BCUT2D eigenvalue weighted by Gasteiger charge is 2.03. The monoisotopic (exact) mass is 178 g/mol. The highest BCUT2D eigenvalue weighted by molar-refractivity contribution is 5.15. The molecule has 0 saturated carbocycles. The van der Waals surface area contributed by atoms with E-state index >= 15 is 0 Å². The summed E-state index contributed by atoms with van der Waals surface area (Å²) in [7, 11) is 0. The largest absolute Gasteiger partial charge is 0.359 e. The van der Waals surface area contributed by atoms with Crippen LogP contribution in [0.5, 0.6) is 0 Å². The summed E-state index contributed by atoms with van der Waals surface area (Å²) in [6.07, 6.45) is 1.91. The lowest BCUT2D eigenvalue weighted by atomic mass is 10.2. The van der Waals surface area contributed by atoms with Crippen LogP contribution in [0.2, 0.25) is 0 Å². The van der Waals surface area contributed by atoms with Crippen molar-refractivity contribution in [2.45, 2.75) is 26.0 Å². The highest BCUT2D eigenvalue weighted by atomic mass is 16.5. The van der Waals surface area contributed by atoms with Crippen LogP contribution in [0.1, 0.15) is 31.6 Å². The van der Waals surface area contributed by atoms with Crippen LogP contribution in [0.15, 0.2) is 24.3 Å². The minimum Gasteiger partial charge on any atom is -0.359 e. The minimum absolute atomic E-state index is 0.291. The highest BCUT2D eigenvalue weighted by Crippen LogP contribution is 2.10. The summed E-state index contributed by atoms with van der Waals surface area (Å²) < 4.78 is 5.43. The third-order valence-electron chi connectivity index (χ3n) is 1.87. The summed E-state index contributed by atoms with van der Waals surface area (Å²) in [5.41, 5.74) is 6.81. The second kappa shape index (κ2) is 5.73. The van der Waals surface area contributed by atoms with Gasteiger partial charge in [-0.05, 0) is 18.1 Å². The molecule has 1 unspecified atom stereocenters. The molecule has 71 valence electrons. The van der Waals surface area contributed by atoms with Gasteiger partial charge in [-0.1, -0.05) is 37.6 Å². The zero-order valence-electron chi connectivity index (χ0n) is 7.99. The number of hydrogen-bond donors (Lipinski definition) is 1. The van der Waals surface area contributed by atoms with Crippen molar-refractivity contribution in [2.75, 3.05) is 6.61 Å². The molecule has 2 heteroatoms. The van der Waals surface area contributed by atoms with E-state index in [4.69, 9.17) is 10.5 Å². The SMILES string of the molecule is CCCCOC(N)c1cc[c]cc1. The van der Waals surface area contributed by atoms with Crippen molar-refractivity contribution in [1.82, 2.24) is 0 Å². The zero-order valence-corrected chi connectivity index (χ0v) is 7.99. The number of benzene rings is 1. The van der Waals surface area contributed by atoms with E-state index in [9.17, 15) is 0 Å². The van der Waals surface area contributed by atoms with Crippen molar-refractivity contribution in [1.29, 1.82) is 0 Å². The van der Waals surface area contributed by atoms with Gasteiger partial charge in [0, 0.05) is 6.61 Å². The van der Waals surface area contributed by atoms with E-state index in [-0.39, 0.29) is 6.23 Å². The molecule has 0 fully saturated rings. The number of hydrogen-bond acceptors (Lipinski definition) is 2. The maximum Gasteiger partial charge on any atom is 0.131 e. The lowest BCUT2D eigenvalue weighted by Crippen LogP contribution is -2.14. The fraction of sp³-hybridized carbons (Fsp3) is 0.455. The lowest BCUT2D eigenvalue weighted by Gasteiger charge is -2.12. The van der Waals surface area contributed by atoms with Gasteiger partial charge in [0.1, 0.15) is 6.23 Å². The Labute approximate surface area is 79.7 Å². The van der Waals surface area contributed by atoms with Crippen LogP contribution in [-0.2, 0) is 4.74 Å². The second-order valence-electron chi connectivity index (χ2n) is 2.98. The maximum absolute atomic E-state index is 5.80. The Morgan fingerprint density at radius 3 is 2.77 bits per heavy atom. The topological polar surface area (TPSA) is 35.2 Å². The average molecular weight is 178 g/mol. The van der Waals surface area contributed by atoms with Crippen molar-refractivity contribution in [3.63, 3.8) is 0 Å². The predicted octanol–water partition coefficient (Wildman–Crippen LogP) is 2.26. The Kier molecular flexibility index (Phi) is 4.50. The van der Waals surface area contributed by atoms with Gasteiger partial charge in [0.25, 0.3) is 0 Å². The third-order valence-corrected chi connectivity index (χ3v) is 1.87. The first kappa shape index (κ1) is 10.2. The van der Waals surface area contributed by atoms with Gasteiger partial charge >= 0.3 is 0 Å². The van der Waals surface area contributed by atoms with E-state index in [0.717, 1.165) is 25.0 Å². The minimum atomic E-state index is -0.291. The van der Waals surface area contributed by atoms with E-state index in [2.05, 4.69) is 13.0 Å². The third kappa shape index (κ3) is 3.57. The summed E-state index contributed by atoms with van der Waals surface area (Å²) in [4.78, 5) is 0. The Balaban J connectivity index is 2.35. The fourth-order valence-corrected chi connectivity index (χ4v) is 1.04. The Bertz CT molecular complexity index is 223. The van der Waals surface area contributed by atoms with Crippen LogP contribution in [0.25, 0.3) is 0 Å². The standard InChI is InChI=1S/C11H16NO/c1-2-3-9-13-11(12)10-7-5-4-6-8-10/h5-8,11H,2-3,9,12H2,1H3. The van der Waals surface area contributed by atoms with Crippen LogP contribution in [0.3, 0.4) is 0 Å². The average Bonchev–Trinajstić information content (AvgIpc) is 2.19. The maximum atomic E-state index is 5.80. The first-order chi connectivity index (χ1) is 6.34.